The lowest BCUT2D eigenvalue weighted by Gasteiger charge is -2.17. The summed E-state index contributed by atoms with van der Waals surface area (Å²) in [6.07, 6.45) is -3.01. The Bertz CT molecular complexity index is 452. The second-order valence-corrected chi connectivity index (χ2v) is 3.64. The number of rotatable bonds is 1. The van der Waals surface area contributed by atoms with E-state index in [0.717, 1.165) is 6.33 Å². The van der Waals surface area contributed by atoms with Crippen LogP contribution in [0.4, 0.5) is 13.2 Å². The monoisotopic (exact) mass is 233 g/mol. The largest absolute Gasteiger partial charge is 0.406 e. The zero-order chi connectivity index (χ0) is 11.8. The quantitative estimate of drug-likeness (QED) is 0.766. The van der Waals surface area contributed by atoms with Crippen molar-refractivity contribution < 1.29 is 13.2 Å². The highest BCUT2D eigenvalue weighted by Crippen LogP contribution is 2.16. The van der Waals surface area contributed by atoms with Gasteiger partial charge in [-0.2, -0.15) is 13.2 Å². The third-order valence-corrected chi connectivity index (χ3v) is 2.41. The van der Waals surface area contributed by atoms with Gasteiger partial charge in [0.2, 0.25) is 0 Å². The summed E-state index contributed by atoms with van der Waals surface area (Å²) in [7, 11) is 0. The molecule has 1 aromatic rings. The van der Waals surface area contributed by atoms with Gasteiger partial charge in [-0.15, -0.1) is 0 Å². The van der Waals surface area contributed by atoms with Gasteiger partial charge in [0.25, 0.3) is 5.56 Å². The molecule has 1 N–H and O–H groups in total. The summed E-state index contributed by atoms with van der Waals surface area (Å²) >= 11 is 0. The second kappa shape index (κ2) is 3.89. The van der Waals surface area contributed by atoms with Crippen molar-refractivity contribution in [3.8, 4) is 0 Å². The molecule has 0 atom stereocenters. The van der Waals surface area contributed by atoms with E-state index in [1.54, 1.807) is 0 Å². The molecule has 7 heteroatoms. The zero-order valence-electron chi connectivity index (χ0n) is 8.34. The molecule has 0 aromatic carbocycles. The Hall–Kier alpha value is -1.37. The zero-order valence-corrected chi connectivity index (χ0v) is 8.34. The molecule has 0 bridgehead atoms. The van der Waals surface area contributed by atoms with Crippen LogP contribution in [-0.4, -0.2) is 22.3 Å². The molecule has 1 aromatic heterocycles. The number of nitrogens with one attached hydrogen (secondary N) is 1. The minimum atomic E-state index is -4.40. The van der Waals surface area contributed by atoms with Crippen molar-refractivity contribution in [3.05, 3.63) is 27.9 Å². The molecule has 0 spiro atoms. The molecule has 2 heterocycles. The van der Waals surface area contributed by atoms with E-state index in [1.807, 2.05) is 0 Å². The third-order valence-electron chi connectivity index (χ3n) is 2.41. The van der Waals surface area contributed by atoms with Crippen LogP contribution in [0.3, 0.4) is 0 Å². The van der Waals surface area contributed by atoms with Crippen molar-refractivity contribution in [2.75, 3.05) is 6.54 Å². The van der Waals surface area contributed by atoms with Crippen LogP contribution in [0, 0.1) is 0 Å². The minimum absolute atomic E-state index is 0.394. The van der Waals surface area contributed by atoms with E-state index in [1.165, 1.54) is 0 Å². The van der Waals surface area contributed by atoms with Crippen molar-refractivity contribution in [2.45, 2.75) is 25.7 Å². The maximum Gasteiger partial charge on any atom is 0.406 e. The highest BCUT2D eigenvalue weighted by atomic mass is 19.4. The van der Waals surface area contributed by atoms with Crippen LogP contribution in [0.25, 0.3) is 0 Å². The van der Waals surface area contributed by atoms with Gasteiger partial charge in [0.05, 0.1) is 12.0 Å². The van der Waals surface area contributed by atoms with E-state index in [-0.39, 0.29) is 0 Å². The van der Waals surface area contributed by atoms with Gasteiger partial charge in [-0.3, -0.25) is 9.36 Å². The Morgan fingerprint density at radius 3 is 2.94 bits per heavy atom. The predicted molar refractivity (Wildman–Crippen MR) is 50.0 cm³/mol. The summed E-state index contributed by atoms with van der Waals surface area (Å²) in [6, 6.07) is 0. The number of halogens is 3. The average Bonchev–Trinajstić information content (AvgIpc) is 2.21. The van der Waals surface area contributed by atoms with Crippen molar-refractivity contribution in [3.63, 3.8) is 0 Å². The molecule has 16 heavy (non-hydrogen) atoms. The van der Waals surface area contributed by atoms with Gasteiger partial charge in [0.15, 0.2) is 0 Å². The summed E-state index contributed by atoms with van der Waals surface area (Å²) in [4.78, 5) is 15.6. The number of fused-ring (bicyclic) bond motifs is 1. The summed E-state index contributed by atoms with van der Waals surface area (Å²) in [6.45, 7) is -0.239. The van der Waals surface area contributed by atoms with Crippen LogP contribution in [0.1, 0.15) is 11.3 Å². The minimum Gasteiger partial charge on any atom is -0.311 e. The Balaban J connectivity index is 2.39. The molecule has 0 fully saturated rings. The Morgan fingerprint density at radius 1 is 1.50 bits per heavy atom. The molecule has 0 saturated heterocycles. The van der Waals surface area contributed by atoms with Crippen LogP contribution in [-0.2, 0) is 19.5 Å². The number of aromatic nitrogens is 2. The van der Waals surface area contributed by atoms with Crippen molar-refractivity contribution in [1.82, 2.24) is 14.9 Å². The standard InChI is InChI=1S/C9H10F3N3O/c10-9(11,12)4-15-5-14-7-3-13-2-1-6(7)8(15)16/h5,13H,1-4H2. The lowest BCUT2D eigenvalue weighted by Crippen LogP contribution is -2.36. The summed E-state index contributed by atoms with van der Waals surface area (Å²) in [5.41, 5.74) is 0.365. The van der Waals surface area contributed by atoms with Crippen LogP contribution in [0.2, 0.25) is 0 Å². The Morgan fingerprint density at radius 2 is 2.25 bits per heavy atom. The molecule has 0 aliphatic carbocycles. The van der Waals surface area contributed by atoms with E-state index >= 15 is 0 Å². The molecular weight excluding hydrogens is 223 g/mol. The van der Waals surface area contributed by atoms with E-state index in [9.17, 15) is 18.0 Å². The molecule has 0 amide bonds. The Kier molecular flexibility index (Phi) is 2.71. The van der Waals surface area contributed by atoms with E-state index in [4.69, 9.17) is 0 Å². The predicted octanol–water partition coefficient (Wildman–Crippen LogP) is 0.451. The van der Waals surface area contributed by atoms with Gasteiger partial charge in [-0.25, -0.2) is 4.98 Å². The molecule has 1 aliphatic heterocycles. The first-order valence-corrected chi connectivity index (χ1v) is 4.82. The van der Waals surface area contributed by atoms with Gasteiger partial charge < -0.3 is 5.32 Å². The summed E-state index contributed by atoms with van der Waals surface area (Å²) in [5, 5.41) is 3.00. The normalized spacial score (nSPS) is 15.9. The first-order valence-electron chi connectivity index (χ1n) is 4.82. The summed E-state index contributed by atoms with van der Waals surface area (Å²) in [5.74, 6) is 0. The van der Waals surface area contributed by atoms with Crippen LogP contribution in [0.15, 0.2) is 11.1 Å². The van der Waals surface area contributed by atoms with E-state index < -0.39 is 18.3 Å². The number of nitrogens with zero attached hydrogens (tertiary/aromatic N) is 2. The maximum absolute atomic E-state index is 12.2. The lowest BCUT2D eigenvalue weighted by molar-refractivity contribution is -0.141. The highest BCUT2D eigenvalue weighted by Gasteiger charge is 2.29. The van der Waals surface area contributed by atoms with E-state index in [2.05, 4.69) is 10.3 Å². The number of hydrogen-bond donors (Lipinski definition) is 1. The fourth-order valence-electron chi connectivity index (χ4n) is 1.70. The van der Waals surface area contributed by atoms with Gasteiger partial charge in [0, 0.05) is 12.1 Å². The first kappa shape index (κ1) is 11.1. The van der Waals surface area contributed by atoms with Crippen LogP contribution in [0.5, 0.6) is 0 Å². The molecule has 2 rings (SSSR count). The average molecular weight is 233 g/mol. The van der Waals surface area contributed by atoms with Gasteiger partial charge in [-0.1, -0.05) is 0 Å². The molecule has 0 unspecified atom stereocenters. The SMILES string of the molecule is O=c1c2c(ncn1CC(F)(F)F)CNCC2. The van der Waals surface area contributed by atoms with Gasteiger partial charge in [0.1, 0.15) is 6.54 Å². The molecular formula is C9H10F3N3O. The summed E-state index contributed by atoms with van der Waals surface area (Å²) < 4.78 is 37.1. The molecule has 0 radical (unpaired) electrons. The van der Waals surface area contributed by atoms with Crippen molar-refractivity contribution in [1.29, 1.82) is 0 Å². The van der Waals surface area contributed by atoms with E-state index in [0.29, 0.717) is 35.3 Å². The first-order chi connectivity index (χ1) is 7.47. The number of alkyl halides is 3. The maximum atomic E-state index is 12.2. The lowest BCUT2D eigenvalue weighted by atomic mass is 10.1. The van der Waals surface area contributed by atoms with Gasteiger partial charge in [-0.05, 0) is 13.0 Å². The van der Waals surface area contributed by atoms with Crippen molar-refractivity contribution >= 4 is 0 Å². The smallest absolute Gasteiger partial charge is 0.311 e. The number of hydrogen-bond acceptors (Lipinski definition) is 3. The van der Waals surface area contributed by atoms with Crippen molar-refractivity contribution in [2.24, 2.45) is 0 Å². The fourth-order valence-corrected chi connectivity index (χ4v) is 1.70. The topological polar surface area (TPSA) is 46.9 Å². The van der Waals surface area contributed by atoms with Gasteiger partial charge >= 0.3 is 6.18 Å². The third kappa shape index (κ3) is 2.24. The van der Waals surface area contributed by atoms with Crippen LogP contribution < -0.4 is 10.9 Å². The molecule has 0 saturated carbocycles. The second-order valence-electron chi connectivity index (χ2n) is 3.64. The fraction of sp³-hybridized carbons (Fsp3) is 0.556. The molecule has 88 valence electrons. The molecule has 1 aliphatic rings. The molecule has 4 nitrogen and oxygen atoms in total. The highest BCUT2D eigenvalue weighted by molar-refractivity contribution is 5.19. The van der Waals surface area contributed by atoms with Crippen LogP contribution >= 0.6 is 0 Å². The Labute approximate surface area is 89.1 Å².